The van der Waals surface area contributed by atoms with Gasteiger partial charge in [-0.2, -0.15) is 0 Å². The summed E-state index contributed by atoms with van der Waals surface area (Å²) in [4.78, 5) is 22.3. The highest BCUT2D eigenvalue weighted by Gasteiger charge is 2.23. The molecule has 7 heteroatoms. The zero-order valence-corrected chi connectivity index (χ0v) is 12.8. The molecule has 1 aromatic carbocycles. The number of aliphatic hydroxyl groups excluding tert-OH is 2. The minimum Gasteiger partial charge on any atom is -0.496 e. The Hall–Kier alpha value is -1.57. The Morgan fingerprint density at radius 2 is 1.95 bits per heavy atom. The summed E-state index contributed by atoms with van der Waals surface area (Å²) >= 11 is 0.924. The number of ether oxygens (including phenoxy) is 2. The van der Waals surface area contributed by atoms with E-state index in [9.17, 15) is 19.8 Å². The number of methoxy groups -OCH3 is 2. The highest BCUT2D eigenvalue weighted by Crippen LogP contribution is 2.29. The van der Waals surface area contributed by atoms with Gasteiger partial charge in [-0.1, -0.05) is 17.8 Å². The van der Waals surface area contributed by atoms with Crippen LogP contribution in [0.2, 0.25) is 0 Å². The van der Waals surface area contributed by atoms with E-state index in [1.807, 2.05) is 0 Å². The van der Waals surface area contributed by atoms with E-state index in [4.69, 9.17) is 4.74 Å². The molecule has 0 aliphatic heterocycles. The van der Waals surface area contributed by atoms with Gasteiger partial charge in [0.2, 0.25) is 0 Å². The first kappa shape index (κ1) is 17.5. The summed E-state index contributed by atoms with van der Waals surface area (Å²) in [5.74, 6) is -0.197. The average molecular weight is 314 g/mol. The summed E-state index contributed by atoms with van der Waals surface area (Å²) < 4.78 is 9.73. The molecule has 1 rings (SSSR count). The summed E-state index contributed by atoms with van der Waals surface area (Å²) in [6.45, 7) is 1.38. The standard InChI is InChI=1S/C14H18O6S/c1-8(15)21-7-11(16)13(17)10-5-4-9(14(18)20-3)6-12(10)19-2/h4-6,11,13,16-17H,7H2,1-3H3. The summed E-state index contributed by atoms with van der Waals surface area (Å²) in [5, 5.41) is 19.9. The Bertz CT molecular complexity index is 516. The Morgan fingerprint density at radius 3 is 2.48 bits per heavy atom. The van der Waals surface area contributed by atoms with Crippen LogP contribution in [0.25, 0.3) is 0 Å². The van der Waals surface area contributed by atoms with Crippen molar-refractivity contribution in [2.75, 3.05) is 20.0 Å². The van der Waals surface area contributed by atoms with Gasteiger partial charge in [-0.3, -0.25) is 4.79 Å². The van der Waals surface area contributed by atoms with Crippen LogP contribution in [0.5, 0.6) is 5.75 Å². The number of thioether (sulfide) groups is 1. The molecule has 2 unspecified atom stereocenters. The quantitative estimate of drug-likeness (QED) is 0.761. The molecule has 0 spiro atoms. The van der Waals surface area contributed by atoms with Crippen LogP contribution in [0.3, 0.4) is 0 Å². The van der Waals surface area contributed by atoms with E-state index in [2.05, 4.69) is 4.74 Å². The lowest BCUT2D eigenvalue weighted by Gasteiger charge is -2.20. The molecule has 0 fully saturated rings. The highest BCUT2D eigenvalue weighted by molar-refractivity contribution is 8.13. The number of carbonyl (C=O) groups is 2. The van der Waals surface area contributed by atoms with E-state index in [1.165, 1.54) is 39.3 Å². The van der Waals surface area contributed by atoms with Crippen LogP contribution in [-0.4, -0.2) is 47.4 Å². The van der Waals surface area contributed by atoms with E-state index in [1.54, 1.807) is 0 Å². The van der Waals surface area contributed by atoms with Gasteiger partial charge in [-0.05, 0) is 12.1 Å². The molecule has 0 aliphatic carbocycles. The Morgan fingerprint density at radius 1 is 1.29 bits per heavy atom. The summed E-state index contributed by atoms with van der Waals surface area (Å²) in [6.07, 6.45) is -2.35. The minimum absolute atomic E-state index is 0.0679. The SMILES string of the molecule is COC(=O)c1ccc(C(O)C(O)CSC(C)=O)c(OC)c1. The van der Waals surface area contributed by atoms with Gasteiger partial charge in [0.05, 0.1) is 25.9 Å². The summed E-state index contributed by atoms with van der Waals surface area (Å²) in [7, 11) is 2.66. The highest BCUT2D eigenvalue weighted by atomic mass is 32.2. The lowest BCUT2D eigenvalue weighted by Crippen LogP contribution is -2.22. The largest absolute Gasteiger partial charge is 0.496 e. The third kappa shape index (κ3) is 4.73. The fourth-order valence-corrected chi connectivity index (χ4v) is 2.29. The second-order valence-electron chi connectivity index (χ2n) is 4.26. The molecular formula is C14H18O6S. The van der Waals surface area contributed by atoms with Crippen molar-refractivity contribution in [3.63, 3.8) is 0 Å². The second-order valence-corrected chi connectivity index (χ2v) is 5.46. The third-order valence-electron chi connectivity index (χ3n) is 2.80. The zero-order valence-electron chi connectivity index (χ0n) is 12.0. The van der Waals surface area contributed by atoms with E-state index in [0.717, 1.165) is 11.8 Å². The van der Waals surface area contributed by atoms with Crippen LogP contribution in [0.1, 0.15) is 28.9 Å². The van der Waals surface area contributed by atoms with Crippen LogP contribution in [0, 0.1) is 0 Å². The van der Waals surface area contributed by atoms with E-state index in [-0.39, 0.29) is 22.2 Å². The van der Waals surface area contributed by atoms with E-state index in [0.29, 0.717) is 5.56 Å². The molecule has 1 aromatic rings. The van der Waals surface area contributed by atoms with Crippen molar-refractivity contribution in [1.29, 1.82) is 0 Å². The van der Waals surface area contributed by atoms with Crippen molar-refractivity contribution in [1.82, 2.24) is 0 Å². The van der Waals surface area contributed by atoms with Gasteiger partial charge in [-0.25, -0.2) is 4.79 Å². The minimum atomic E-state index is -1.22. The Balaban J connectivity index is 2.95. The van der Waals surface area contributed by atoms with Crippen LogP contribution in [0.15, 0.2) is 18.2 Å². The van der Waals surface area contributed by atoms with Crippen molar-refractivity contribution in [2.24, 2.45) is 0 Å². The summed E-state index contributed by atoms with van der Waals surface area (Å²) in [6, 6.07) is 4.38. The molecule has 6 nitrogen and oxygen atoms in total. The molecule has 2 N–H and O–H groups in total. The summed E-state index contributed by atoms with van der Waals surface area (Å²) in [5.41, 5.74) is 0.611. The van der Waals surface area contributed by atoms with E-state index >= 15 is 0 Å². The van der Waals surface area contributed by atoms with Crippen molar-refractivity contribution < 1.29 is 29.3 Å². The number of carbonyl (C=O) groups excluding carboxylic acids is 2. The molecule has 0 aliphatic rings. The second kappa shape index (κ2) is 8.02. The first-order valence-electron chi connectivity index (χ1n) is 6.16. The molecular weight excluding hydrogens is 296 g/mol. The number of aliphatic hydroxyl groups is 2. The maximum atomic E-state index is 11.4. The van der Waals surface area contributed by atoms with Gasteiger partial charge in [0.1, 0.15) is 11.9 Å². The van der Waals surface area contributed by atoms with Crippen LogP contribution < -0.4 is 4.74 Å². The van der Waals surface area contributed by atoms with Crippen LogP contribution in [-0.2, 0) is 9.53 Å². The molecule has 2 atom stereocenters. The van der Waals surface area contributed by atoms with Crippen molar-refractivity contribution in [3.8, 4) is 5.75 Å². The van der Waals surface area contributed by atoms with Crippen LogP contribution in [0.4, 0.5) is 0 Å². The molecule has 0 heterocycles. The molecule has 0 bridgehead atoms. The molecule has 0 amide bonds. The topological polar surface area (TPSA) is 93.1 Å². The first-order valence-corrected chi connectivity index (χ1v) is 7.15. The number of hydrogen-bond acceptors (Lipinski definition) is 7. The Labute approximate surface area is 127 Å². The molecule has 0 saturated carbocycles. The number of rotatable bonds is 6. The van der Waals surface area contributed by atoms with Gasteiger partial charge in [0.25, 0.3) is 0 Å². The normalized spacial score (nSPS) is 13.4. The van der Waals surface area contributed by atoms with Crippen LogP contribution >= 0.6 is 11.8 Å². The monoisotopic (exact) mass is 314 g/mol. The number of esters is 1. The molecule has 0 radical (unpaired) electrons. The number of benzene rings is 1. The first-order chi connectivity index (χ1) is 9.90. The molecule has 21 heavy (non-hydrogen) atoms. The van der Waals surface area contributed by atoms with Gasteiger partial charge in [0.15, 0.2) is 5.12 Å². The maximum absolute atomic E-state index is 11.4. The average Bonchev–Trinajstić information content (AvgIpc) is 2.50. The molecule has 0 aromatic heterocycles. The zero-order chi connectivity index (χ0) is 16.0. The van der Waals surface area contributed by atoms with Crippen molar-refractivity contribution in [2.45, 2.75) is 19.1 Å². The van der Waals surface area contributed by atoms with Crippen molar-refractivity contribution in [3.05, 3.63) is 29.3 Å². The maximum Gasteiger partial charge on any atom is 0.337 e. The molecule has 0 saturated heterocycles. The molecule has 116 valence electrons. The predicted octanol–water partition coefficient (Wildman–Crippen LogP) is 1.16. The van der Waals surface area contributed by atoms with Gasteiger partial charge < -0.3 is 19.7 Å². The van der Waals surface area contributed by atoms with Crippen molar-refractivity contribution >= 4 is 22.8 Å². The number of hydrogen-bond donors (Lipinski definition) is 2. The van der Waals surface area contributed by atoms with Gasteiger partial charge in [0, 0.05) is 18.2 Å². The van der Waals surface area contributed by atoms with Gasteiger partial charge >= 0.3 is 5.97 Å². The fraction of sp³-hybridized carbons (Fsp3) is 0.429. The Kier molecular flexibility index (Phi) is 6.67. The predicted molar refractivity (Wildman–Crippen MR) is 78.4 cm³/mol. The third-order valence-corrected chi connectivity index (χ3v) is 3.71. The fourth-order valence-electron chi connectivity index (χ4n) is 1.70. The van der Waals surface area contributed by atoms with Gasteiger partial charge in [-0.15, -0.1) is 0 Å². The lowest BCUT2D eigenvalue weighted by molar-refractivity contribution is -0.109. The van der Waals surface area contributed by atoms with E-state index < -0.39 is 18.2 Å². The smallest absolute Gasteiger partial charge is 0.337 e. The lowest BCUT2D eigenvalue weighted by atomic mass is 10.0.